The van der Waals surface area contributed by atoms with Crippen LogP contribution in [0.15, 0.2) is 36.5 Å². The summed E-state index contributed by atoms with van der Waals surface area (Å²) in [6.07, 6.45) is 3.47. The molecule has 0 saturated carbocycles. The lowest BCUT2D eigenvalue weighted by Gasteiger charge is -2.32. The van der Waals surface area contributed by atoms with Gasteiger partial charge in [0, 0.05) is 43.3 Å². The van der Waals surface area contributed by atoms with E-state index in [1.54, 1.807) is 9.58 Å². The van der Waals surface area contributed by atoms with Crippen LogP contribution in [0.5, 0.6) is 0 Å². The molecule has 0 unspecified atom stereocenters. The van der Waals surface area contributed by atoms with Crippen LogP contribution in [0.25, 0.3) is 5.70 Å². The predicted octanol–water partition coefficient (Wildman–Crippen LogP) is 1.55. The molecule has 0 atom stereocenters. The van der Waals surface area contributed by atoms with Gasteiger partial charge in [-0.1, -0.05) is 23.7 Å². The number of nitrogens with zero attached hydrogens (tertiary/aromatic N) is 5. The largest absolute Gasteiger partial charge is 0.314 e. The topological polar surface area (TPSA) is 77.2 Å². The van der Waals surface area contributed by atoms with Gasteiger partial charge in [-0.05, 0) is 18.2 Å². The van der Waals surface area contributed by atoms with Crippen molar-refractivity contribution in [2.45, 2.75) is 0 Å². The van der Waals surface area contributed by atoms with E-state index >= 15 is 0 Å². The van der Waals surface area contributed by atoms with Crippen molar-refractivity contribution in [3.63, 3.8) is 0 Å². The Morgan fingerprint density at radius 3 is 2.70 bits per heavy atom. The zero-order valence-electron chi connectivity index (χ0n) is 14.7. The van der Waals surface area contributed by atoms with E-state index in [0.717, 1.165) is 37.4 Å². The molecule has 1 aromatic carbocycles. The maximum absolute atomic E-state index is 12.9. The highest BCUT2D eigenvalue weighted by atomic mass is 35.5. The van der Waals surface area contributed by atoms with Gasteiger partial charge in [0.25, 0.3) is 0 Å². The quantitative estimate of drug-likeness (QED) is 0.871. The van der Waals surface area contributed by atoms with Crippen LogP contribution in [0, 0.1) is 11.3 Å². The van der Waals surface area contributed by atoms with Crippen LogP contribution in [-0.2, 0) is 4.79 Å². The first kappa shape index (κ1) is 17.7. The van der Waals surface area contributed by atoms with Crippen LogP contribution in [0.4, 0.5) is 5.82 Å². The highest BCUT2D eigenvalue weighted by Gasteiger charge is 2.29. The fourth-order valence-corrected chi connectivity index (χ4v) is 3.56. The molecule has 0 spiro atoms. The molecular formula is C19H19ClN6O. The summed E-state index contributed by atoms with van der Waals surface area (Å²) in [6.45, 7) is 4.20. The molecule has 1 amide bonds. The molecule has 1 saturated heterocycles. The molecule has 1 N–H and O–H groups in total. The standard InChI is InChI=1S/C19H19ClN6O/c20-16-3-1-14(2-4-16)17-5-8-25(19-15(11-21)12-23-26(17)19)18(27)13-24-9-6-22-7-10-24/h1-5,12,22H,6-10,13H2. The molecule has 0 aliphatic carbocycles. The molecule has 2 aliphatic heterocycles. The van der Waals surface area contributed by atoms with Gasteiger partial charge in [-0.3, -0.25) is 14.6 Å². The second kappa shape index (κ2) is 7.53. The fraction of sp³-hybridized carbons (Fsp3) is 0.316. The molecule has 7 nitrogen and oxygen atoms in total. The minimum atomic E-state index is -0.0263. The number of nitriles is 1. The third-order valence-electron chi connectivity index (χ3n) is 4.82. The number of aromatic nitrogens is 2. The number of carbonyl (C=O) groups excluding carboxylic acids is 1. The van der Waals surface area contributed by atoms with Crippen molar-refractivity contribution in [2.75, 3.05) is 44.2 Å². The molecular weight excluding hydrogens is 364 g/mol. The van der Waals surface area contributed by atoms with Gasteiger partial charge >= 0.3 is 0 Å². The van der Waals surface area contributed by atoms with Crippen LogP contribution in [0.3, 0.4) is 0 Å². The lowest BCUT2D eigenvalue weighted by atomic mass is 10.1. The smallest absolute Gasteiger partial charge is 0.242 e. The maximum atomic E-state index is 12.9. The van der Waals surface area contributed by atoms with Crippen LogP contribution < -0.4 is 10.2 Å². The molecule has 0 bridgehead atoms. The highest BCUT2D eigenvalue weighted by Crippen LogP contribution is 2.31. The number of anilines is 1. The Morgan fingerprint density at radius 2 is 2.00 bits per heavy atom. The van der Waals surface area contributed by atoms with E-state index < -0.39 is 0 Å². The van der Waals surface area contributed by atoms with E-state index in [-0.39, 0.29) is 5.91 Å². The third kappa shape index (κ3) is 3.47. The van der Waals surface area contributed by atoms with Crippen molar-refractivity contribution < 1.29 is 4.79 Å². The average molecular weight is 383 g/mol. The van der Waals surface area contributed by atoms with Gasteiger partial charge in [-0.2, -0.15) is 10.4 Å². The first-order chi connectivity index (χ1) is 13.2. The number of hydrogen-bond acceptors (Lipinski definition) is 5. The summed E-state index contributed by atoms with van der Waals surface area (Å²) in [4.78, 5) is 16.7. The zero-order chi connectivity index (χ0) is 18.8. The van der Waals surface area contributed by atoms with E-state index in [0.29, 0.717) is 29.5 Å². The predicted molar refractivity (Wildman–Crippen MR) is 103 cm³/mol. The van der Waals surface area contributed by atoms with Gasteiger partial charge in [0.1, 0.15) is 11.6 Å². The van der Waals surface area contributed by atoms with Gasteiger partial charge < -0.3 is 5.32 Å². The normalized spacial score (nSPS) is 17.2. The monoisotopic (exact) mass is 382 g/mol. The van der Waals surface area contributed by atoms with Gasteiger partial charge in [-0.25, -0.2) is 4.68 Å². The van der Waals surface area contributed by atoms with E-state index in [1.165, 1.54) is 6.20 Å². The van der Waals surface area contributed by atoms with Crippen LogP contribution in [0.1, 0.15) is 11.1 Å². The molecule has 27 heavy (non-hydrogen) atoms. The highest BCUT2D eigenvalue weighted by molar-refractivity contribution is 6.30. The number of nitrogens with one attached hydrogen (secondary N) is 1. The number of benzene rings is 1. The minimum Gasteiger partial charge on any atom is -0.314 e. The van der Waals surface area contributed by atoms with Crippen molar-refractivity contribution in [3.05, 3.63) is 52.7 Å². The van der Waals surface area contributed by atoms with Crippen LogP contribution >= 0.6 is 11.6 Å². The Labute approximate surface area is 162 Å². The van der Waals surface area contributed by atoms with Crippen molar-refractivity contribution >= 4 is 29.0 Å². The Morgan fingerprint density at radius 1 is 1.26 bits per heavy atom. The Balaban J connectivity index is 1.64. The number of fused-ring (bicyclic) bond motifs is 1. The summed E-state index contributed by atoms with van der Waals surface area (Å²) in [5.74, 6) is 0.506. The summed E-state index contributed by atoms with van der Waals surface area (Å²) in [5.41, 5.74) is 2.17. The minimum absolute atomic E-state index is 0.0263. The number of halogens is 1. The van der Waals surface area contributed by atoms with Crippen molar-refractivity contribution in [1.29, 1.82) is 5.26 Å². The second-order valence-corrected chi connectivity index (χ2v) is 6.97. The number of hydrogen-bond donors (Lipinski definition) is 1. The Bertz CT molecular complexity index is 921. The fourth-order valence-electron chi connectivity index (χ4n) is 3.43. The summed E-state index contributed by atoms with van der Waals surface area (Å²) in [5, 5.41) is 17.8. The lowest BCUT2D eigenvalue weighted by molar-refractivity contribution is -0.119. The van der Waals surface area contributed by atoms with Gasteiger partial charge in [0.15, 0.2) is 5.82 Å². The number of amides is 1. The van der Waals surface area contributed by atoms with Gasteiger partial charge in [0.2, 0.25) is 5.91 Å². The molecule has 4 rings (SSSR count). The molecule has 0 radical (unpaired) electrons. The first-order valence-corrected chi connectivity index (χ1v) is 9.23. The number of rotatable bonds is 3. The molecule has 8 heteroatoms. The van der Waals surface area contributed by atoms with Gasteiger partial charge in [-0.15, -0.1) is 0 Å². The number of piperazine rings is 1. The lowest BCUT2D eigenvalue weighted by Crippen LogP contribution is -2.49. The van der Waals surface area contributed by atoms with Crippen LogP contribution in [0.2, 0.25) is 5.02 Å². The zero-order valence-corrected chi connectivity index (χ0v) is 15.5. The SMILES string of the molecule is N#Cc1cnn2c1N(C(=O)CN1CCNCC1)CC=C2c1ccc(Cl)cc1. The molecule has 2 aromatic rings. The molecule has 2 aliphatic rings. The average Bonchev–Trinajstić information content (AvgIpc) is 3.13. The van der Waals surface area contributed by atoms with Crippen molar-refractivity contribution in [1.82, 2.24) is 20.0 Å². The van der Waals surface area contributed by atoms with E-state index in [4.69, 9.17) is 11.6 Å². The molecule has 1 fully saturated rings. The second-order valence-electron chi connectivity index (χ2n) is 6.53. The van der Waals surface area contributed by atoms with Gasteiger partial charge in [0.05, 0.1) is 18.4 Å². The van der Waals surface area contributed by atoms with Crippen LogP contribution in [-0.4, -0.2) is 59.9 Å². The summed E-state index contributed by atoms with van der Waals surface area (Å²) in [6, 6.07) is 9.60. The Hall–Kier alpha value is -2.66. The molecule has 3 heterocycles. The molecule has 138 valence electrons. The third-order valence-corrected chi connectivity index (χ3v) is 5.08. The van der Waals surface area contributed by atoms with Crippen molar-refractivity contribution in [3.8, 4) is 6.07 Å². The van der Waals surface area contributed by atoms with E-state index in [1.807, 2.05) is 30.3 Å². The molecule has 1 aromatic heterocycles. The summed E-state index contributed by atoms with van der Waals surface area (Å²) in [7, 11) is 0. The van der Waals surface area contributed by atoms with E-state index in [9.17, 15) is 10.1 Å². The maximum Gasteiger partial charge on any atom is 0.242 e. The first-order valence-electron chi connectivity index (χ1n) is 8.85. The summed E-state index contributed by atoms with van der Waals surface area (Å²) >= 11 is 5.99. The summed E-state index contributed by atoms with van der Waals surface area (Å²) < 4.78 is 1.67. The van der Waals surface area contributed by atoms with E-state index in [2.05, 4.69) is 21.4 Å². The number of carbonyl (C=O) groups is 1. The van der Waals surface area contributed by atoms with Crippen molar-refractivity contribution in [2.24, 2.45) is 0 Å². The Kier molecular flexibility index (Phi) is 4.94.